The summed E-state index contributed by atoms with van der Waals surface area (Å²) < 4.78 is 54.7. The van der Waals surface area contributed by atoms with Gasteiger partial charge in [-0.1, -0.05) is 17.7 Å². The van der Waals surface area contributed by atoms with E-state index in [4.69, 9.17) is 23.7 Å². The van der Waals surface area contributed by atoms with E-state index in [1.165, 1.54) is 12.1 Å². The average Bonchev–Trinajstić information content (AvgIpc) is 2.70. The first-order valence-electron chi connectivity index (χ1n) is 10.2. The summed E-state index contributed by atoms with van der Waals surface area (Å²) in [7, 11) is -4.21. The maximum Gasteiger partial charge on any atom is 0.303 e. The van der Waals surface area contributed by atoms with Gasteiger partial charge >= 0.3 is 23.9 Å². The maximum atomic E-state index is 13.0. The van der Waals surface area contributed by atoms with E-state index in [2.05, 4.69) is 4.72 Å². The summed E-state index contributed by atoms with van der Waals surface area (Å²) in [6, 6.07) is 5.90. The van der Waals surface area contributed by atoms with Crippen molar-refractivity contribution in [3.05, 3.63) is 29.8 Å². The van der Waals surface area contributed by atoms with E-state index in [0.29, 0.717) is 0 Å². The molecule has 1 N–H and O–H groups in total. The number of ether oxygens (including phenoxy) is 5. The van der Waals surface area contributed by atoms with Gasteiger partial charge in [0.2, 0.25) is 10.0 Å². The highest BCUT2D eigenvalue weighted by molar-refractivity contribution is 7.89. The molecule has 0 aliphatic carbocycles. The third-order valence-electron chi connectivity index (χ3n) is 4.59. The first-order chi connectivity index (χ1) is 15.8. The molecule has 12 nitrogen and oxygen atoms in total. The van der Waals surface area contributed by atoms with Crippen LogP contribution in [0.25, 0.3) is 0 Å². The minimum Gasteiger partial charge on any atom is -0.463 e. The molecule has 0 aromatic heterocycles. The Balaban J connectivity index is 2.50. The standard InChI is InChI=1S/C21H27NO11S/c1-11-6-8-16(9-7-11)34(27,28)22-21-20(32-15(5)26)19(31-14(4)25)18(30-13(3)24)17(33-21)10-29-12(2)23/h6-9,17-22H,10H2,1-5H3/t17-,18?,19+,20?,21-/m1/s1. The lowest BCUT2D eigenvalue weighted by Gasteiger charge is -2.44. The van der Waals surface area contributed by atoms with Gasteiger partial charge < -0.3 is 23.7 Å². The fourth-order valence-electron chi connectivity index (χ4n) is 3.26. The van der Waals surface area contributed by atoms with Gasteiger partial charge in [-0.2, -0.15) is 4.72 Å². The van der Waals surface area contributed by atoms with Crippen LogP contribution in [0, 0.1) is 6.92 Å². The molecule has 13 heteroatoms. The molecule has 1 heterocycles. The van der Waals surface area contributed by atoms with Crippen LogP contribution in [-0.2, 0) is 52.9 Å². The number of hydrogen-bond donors (Lipinski definition) is 1. The second kappa shape index (κ2) is 11.4. The van der Waals surface area contributed by atoms with Crippen LogP contribution >= 0.6 is 0 Å². The molecule has 34 heavy (non-hydrogen) atoms. The van der Waals surface area contributed by atoms with Crippen molar-refractivity contribution < 1.29 is 51.3 Å². The summed E-state index contributed by atoms with van der Waals surface area (Å²) in [5.74, 6) is -3.15. The molecule has 1 aliphatic rings. The fraction of sp³-hybridized carbons (Fsp3) is 0.524. The number of carbonyl (C=O) groups is 4. The molecule has 2 unspecified atom stereocenters. The molecule has 1 aromatic carbocycles. The van der Waals surface area contributed by atoms with Crippen molar-refractivity contribution in [2.45, 2.75) is 70.2 Å². The van der Waals surface area contributed by atoms with E-state index in [0.717, 1.165) is 33.3 Å². The predicted molar refractivity (Wildman–Crippen MR) is 113 cm³/mol. The third-order valence-corrected chi connectivity index (χ3v) is 6.03. The normalized spacial score (nSPS) is 24.6. The Hall–Kier alpha value is -3.03. The first-order valence-corrected chi connectivity index (χ1v) is 11.7. The predicted octanol–water partition coefficient (Wildman–Crippen LogP) is 0.356. The highest BCUT2D eigenvalue weighted by atomic mass is 32.2. The lowest BCUT2D eigenvalue weighted by atomic mass is 9.97. The molecule has 0 spiro atoms. The molecule has 0 radical (unpaired) electrons. The van der Waals surface area contributed by atoms with Crippen LogP contribution < -0.4 is 4.72 Å². The van der Waals surface area contributed by atoms with Crippen molar-refractivity contribution in [3.63, 3.8) is 0 Å². The Labute approximate surface area is 196 Å². The Bertz CT molecular complexity index is 1020. The summed E-state index contributed by atoms with van der Waals surface area (Å²) in [5.41, 5.74) is 0.825. The molecule has 2 rings (SSSR count). The lowest BCUT2D eigenvalue weighted by Crippen LogP contribution is -2.66. The molecule has 0 bridgehead atoms. The summed E-state index contributed by atoms with van der Waals surface area (Å²) in [6.45, 7) is 5.65. The SMILES string of the molecule is CC(=O)OC[C@H]1O[C@@H](NS(=O)(=O)c2ccc(C)cc2)C(OC(C)=O)[C@@H](OC(C)=O)C1OC(C)=O. The van der Waals surface area contributed by atoms with E-state index in [9.17, 15) is 27.6 Å². The van der Waals surface area contributed by atoms with E-state index >= 15 is 0 Å². The zero-order chi connectivity index (χ0) is 25.6. The Morgan fingerprint density at radius 2 is 1.32 bits per heavy atom. The minimum absolute atomic E-state index is 0.106. The van der Waals surface area contributed by atoms with Crippen molar-refractivity contribution >= 4 is 33.9 Å². The molecule has 0 saturated carbocycles. The summed E-state index contributed by atoms with van der Waals surface area (Å²) >= 11 is 0. The van der Waals surface area contributed by atoms with Gasteiger partial charge in [0.15, 0.2) is 24.5 Å². The number of hydrogen-bond acceptors (Lipinski definition) is 11. The fourth-order valence-corrected chi connectivity index (χ4v) is 4.39. The van der Waals surface area contributed by atoms with Gasteiger partial charge in [0.25, 0.3) is 0 Å². The lowest BCUT2D eigenvalue weighted by molar-refractivity contribution is -0.254. The van der Waals surface area contributed by atoms with Crippen LogP contribution in [0.15, 0.2) is 29.2 Å². The van der Waals surface area contributed by atoms with Crippen molar-refractivity contribution in [1.82, 2.24) is 4.72 Å². The van der Waals surface area contributed by atoms with Crippen LogP contribution in [0.3, 0.4) is 0 Å². The van der Waals surface area contributed by atoms with Crippen molar-refractivity contribution in [2.75, 3.05) is 6.61 Å². The highest BCUT2D eigenvalue weighted by Crippen LogP contribution is 2.29. The number of carbonyl (C=O) groups excluding carboxylic acids is 4. The largest absolute Gasteiger partial charge is 0.463 e. The van der Waals surface area contributed by atoms with Gasteiger partial charge in [0, 0.05) is 27.7 Å². The van der Waals surface area contributed by atoms with Gasteiger partial charge in [-0.15, -0.1) is 0 Å². The highest BCUT2D eigenvalue weighted by Gasteiger charge is 2.53. The average molecular weight is 502 g/mol. The van der Waals surface area contributed by atoms with Gasteiger partial charge in [0.1, 0.15) is 12.7 Å². The molecule has 1 aliphatic heterocycles. The van der Waals surface area contributed by atoms with E-state index in [1.807, 2.05) is 0 Å². The van der Waals surface area contributed by atoms with Crippen LogP contribution in [0.5, 0.6) is 0 Å². The van der Waals surface area contributed by atoms with E-state index in [-0.39, 0.29) is 4.90 Å². The second-order valence-corrected chi connectivity index (χ2v) is 9.27. The quantitative estimate of drug-likeness (QED) is 0.387. The van der Waals surface area contributed by atoms with Crippen molar-refractivity contribution in [3.8, 4) is 0 Å². The minimum atomic E-state index is -4.21. The van der Waals surface area contributed by atoms with E-state index < -0.39 is 71.2 Å². The van der Waals surface area contributed by atoms with Crippen LogP contribution in [0.2, 0.25) is 0 Å². The number of esters is 4. The molecule has 0 amide bonds. The number of sulfonamides is 1. The first kappa shape index (κ1) is 27.2. The summed E-state index contributed by atoms with van der Waals surface area (Å²) in [6.07, 6.45) is -7.27. The molecule has 188 valence electrons. The smallest absolute Gasteiger partial charge is 0.303 e. The number of rotatable bonds is 8. The molecule has 1 saturated heterocycles. The summed E-state index contributed by atoms with van der Waals surface area (Å²) in [5, 5.41) is 0. The molecule has 1 fully saturated rings. The van der Waals surface area contributed by atoms with Gasteiger partial charge in [-0.3, -0.25) is 19.2 Å². The van der Waals surface area contributed by atoms with Crippen LogP contribution in [-0.4, -0.2) is 69.5 Å². The van der Waals surface area contributed by atoms with Crippen LogP contribution in [0.4, 0.5) is 0 Å². The Morgan fingerprint density at radius 3 is 1.82 bits per heavy atom. The van der Waals surface area contributed by atoms with Gasteiger partial charge in [0.05, 0.1) is 4.90 Å². The van der Waals surface area contributed by atoms with Gasteiger partial charge in [-0.05, 0) is 19.1 Å². The molecule has 1 aromatic rings. The zero-order valence-electron chi connectivity index (χ0n) is 19.3. The number of aryl methyl sites for hydroxylation is 1. The third kappa shape index (κ3) is 7.50. The van der Waals surface area contributed by atoms with Crippen molar-refractivity contribution in [1.29, 1.82) is 0 Å². The summed E-state index contributed by atoms with van der Waals surface area (Å²) in [4.78, 5) is 46.6. The number of benzene rings is 1. The molecular formula is C21H27NO11S. The maximum absolute atomic E-state index is 13.0. The monoisotopic (exact) mass is 501 g/mol. The molecular weight excluding hydrogens is 474 g/mol. The van der Waals surface area contributed by atoms with Gasteiger partial charge in [-0.25, -0.2) is 8.42 Å². The Kier molecular flexibility index (Phi) is 9.13. The zero-order valence-corrected chi connectivity index (χ0v) is 20.1. The van der Waals surface area contributed by atoms with Crippen molar-refractivity contribution in [2.24, 2.45) is 0 Å². The van der Waals surface area contributed by atoms with Crippen LogP contribution in [0.1, 0.15) is 33.3 Å². The Morgan fingerprint density at radius 1 is 0.824 bits per heavy atom. The van der Waals surface area contributed by atoms with E-state index in [1.54, 1.807) is 19.1 Å². The topological polar surface area (TPSA) is 161 Å². The second-order valence-electron chi connectivity index (χ2n) is 7.55. The molecule has 5 atom stereocenters. The number of nitrogens with one attached hydrogen (secondary N) is 1.